The van der Waals surface area contributed by atoms with Crippen LogP contribution in [0, 0.1) is 24.4 Å². The van der Waals surface area contributed by atoms with Crippen molar-refractivity contribution >= 4 is 40.0 Å². The first-order chi connectivity index (χ1) is 13.3. The van der Waals surface area contributed by atoms with Gasteiger partial charge in [0.25, 0.3) is 0 Å². The van der Waals surface area contributed by atoms with Crippen molar-refractivity contribution in [3.05, 3.63) is 34.5 Å². The second kappa shape index (κ2) is 9.92. The Hall–Kier alpha value is -2.07. The lowest BCUT2D eigenvalue weighted by atomic mass is 10.1. The number of carbonyl (C=O) groups is 2. The minimum Gasteiger partial charge on any atom is -0.344 e. The van der Waals surface area contributed by atoms with Crippen LogP contribution in [-0.4, -0.2) is 34.8 Å². The Kier molecular flexibility index (Phi) is 7.88. The van der Waals surface area contributed by atoms with Gasteiger partial charge in [-0.15, -0.1) is 11.3 Å². The predicted octanol–water partition coefficient (Wildman–Crippen LogP) is 4.12. The van der Waals surface area contributed by atoms with E-state index in [2.05, 4.69) is 15.6 Å². The number of nitrogens with zero attached hydrogens (tertiary/aromatic N) is 1. The van der Waals surface area contributed by atoms with Crippen LogP contribution >= 0.6 is 23.1 Å². The third-order valence-corrected chi connectivity index (χ3v) is 5.38. The van der Waals surface area contributed by atoms with Gasteiger partial charge >= 0.3 is 0 Å². The molecule has 5 nitrogen and oxygen atoms in total. The largest absolute Gasteiger partial charge is 0.344 e. The summed E-state index contributed by atoms with van der Waals surface area (Å²) >= 11 is 2.58. The van der Waals surface area contributed by atoms with Crippen molar-refractivity contribution in [3.63, 3.8) is 0 Å². The Morgan fingerprint density at radius 1 is 1.25 bits per heavy atom. The van der Waals surface area contributed by atoms with Crippen LogP contribution in [0.15, 0.2) is 12.1 Å². The molecule has 0 aliphatic carbocycles. The summed E-state index contributed by atoms with van der Waals surface area (Å²) in [6, 6.07) is 0.411. The fourth-order valence-electron chi connectivity index (χ4n) is 2.44. The standard InChI is InChI=1S/C18H20F3N3O2S2/c1-4-14(25)22-13(5-6-27-3)17(26)24-18-23-16(9(2)28-18)15-11(20)7-10(19)8-12(15)21/h7-8,13H,4-6H2,1-3H3,(H,22,25)(H,23,24,26). The second-order valence-corrected chi connectivity index (χ2v) is 8.10. The van der Waals surface area contributed by atoms with Crippen LogP contribution in [0.1, 0.15) is 24.6 Å². The van der Waals surface area contributed by atoms with Gasteiger partial charge in [0, 0.05) is 23.4 Å². The van der Waals surface area contributed by atoms with E-state index in [1.807, 2.05) is 6.26 Å². The molecule has 1 heterocycles. The Morgan fingerprint density at radius 3 is 2.46 bits per heavy atom. The van der Waals surface area contributed by atoms with Gasteiger partial charge in [0.15, 0.2) is 5.13 Å². The molecular weight excluding hydrogens is 411 g/mol. The fraction of sp³-hybridized carbons (Fsp3) is 0.389. The number of thiazole rings is 1. The molecular formula is C18H20F3N3O2S2. The third-order valence-electron chi connectivity index (χ3n) is 3.85. The molecule has 0 aliphatic rings. The summed E-state index contributed by atoms with van der Waals surface area (Å²) in [4.78, 5) is 28.8. The monoisotopic (exact) mass is 431 g/mol. The van der Waals surface area contributed by atoms with Crippen LogP contribution in [0.3, 0.4) is 0 Å². The van der Waals surface area contributed by atoms with Crippen molar-refractivity contribution in [2.24, 2.45) is 0 Å². The van der Waals surface area contributed by atoms with Crippen LogP contribution < -0.4 is 10.6 Å². The summed E-state index contributed by atoms with van der Waals surface area (Å²) in [6.07, 6.45) is 2.56. The highest BCUT2D eigenvalue weighted by Crippen LogP contribution is 2.34. The number of benzene rings is 1. The Morgan fingerprint density at radius 2 is 1.89 bits per heavy atom. The fourth-order valence-corrected chi connectivity index (χ4v) is 3.74. The number of rotatable bonds is 8. The lowest BCUT2D eigenvalue weighted by Crippen LogP contribution is -2.43. The van der Waals surface area contributed by atoms with Crippen LogP contribution in [0.5, 0.6) is 0 Å². The number of hydrogen-bond donors (Lipinski definition) is 2. The van der Waals surface area contributed by atoms with Gasteiger partial charge in [-0.25, -0.2) is 18.2 Å². The number of halogens is 3. The summed E-state index contributed by atoms with van der Waals surface area (Å²) in [7, 11) is 0. The van der Waals surface area contributed by atoms with Crippen molar-refractivity contribution in [2.75, 3.05) is 17.3 Å². The number of nitrogens with one attached hydrogen (secondary N) is 2. The van der Waals surface area contributed by atoms with E-state index in [1.165, 1.54) is 11.8 Å². The predicted molar refractivity (Wildman–Crippen MR) is 106 cm³/mol. The molecule has 1 unspecified atom stereocenters. The first kappa shape index (κ1) is 22.2. The van der Waals surface area contributed by atoms with Gasteiger partial charge in [-0.1, -0.05) is 6.92 Å². The highest BCUT2D eigenvalue weighted by atomic mass is 32.2. The van der Waals surface area contributed by atoms with E-state index in [0.717, 1.165) is 11.3 Å². The molecule has 1 aromatic heterocycles. The normalized spacial score (nSPS) is 11.9. The topological polar surface area (TPSA) is 71.1 Å². The number of aryl methyl sites for hydroxylation is 1. The average Bonchev–Trinajstić information content (AvgIpc) is 2.97. The summed E-state index contributed by atoms with van der Waals surface area (Å²) in [5, 5.41) is 5.38. The number of anilines is 1. The summed E-state index contributed by atoms with van der Waals surface area (Å²) in [6.45, 7) is 3.27. The zero-order chi connectivity index (χ0) is 20.8. The molecule has 152 valence electrons. The van der Waals surface area contributed by atoms with E-state index in [1.54, 1.807) is 13.8 Å². The van der Waals surface area contributed by atoms with Gasteiger partial charge in [-0.2, -0.15) is 11.8 Å². The molecule has 2 rings (SSSR count). The molecule has 2 N–H and O–H groups in total. The molecule has 0 saturated carbocycles. The van der Waals surface area contributed by atoms with Gasteiger partial charge < -0.3 is 10.6 Å². The molecule has 0 radical (unpaired) electrons. The SMILES string of the molecule is CCC(=O)NC(CCSC)C(=O)Nc1nc(-c2c(F)cc(F)cc2F)c(C)s1. The molecule has 28 heavy (non-hydrogen) atoms. The Bertz CT molecular complexity index is 851. The van der Waals surface area contributed by atoms with E-state index in [9.17, 15) is 22.8 Å². The summed E-state index contributed by atoms with van der Waals surface area (Å²) in [5.41, 5.74) is -0.456. The molecule has 0 spiro atoms. The van der Waals surface area contributed by atoms with Crippen LogP contribution in [-0.2, 0) is 9.59 Å². The maximum absolute atomic E-state index is 14.0. The van der Waals surface area contributed by atoms with E-state index < -0.39 is 35.0 Å². The number of carbonyl (C=O) groups excluding carboxylic acids is 2. The molecule has 2 aromatic rings. The van der Waals surface area contributed by atoms with Gasteiger partial charge in [-0.3, -0.25) is 9.59 Å². The maximum Gasteiger partial charge on any atom is 0.248 e. The van der Waals surface area contributed by atoms with Crippen LogP contribution in [0.4, 0.5) is 18.3 Å². The maximum atomic E-state index is 14.0. The van der Waals surface area contributed by atoms with Gasteiger partial charge in [-0.05, 0) is 25.4 Å². The van der Waals surface area contributed by atoms with E-state index in [-0.39, 0.29) is 23.2 Å². The molecule has 1 aromatic carbocycles. The third kappa shape index (κ3) is 5.48. The van der Waals surface area contributed by atoms with Crippen LogP contribution in [0.25, 0.3) is 11.3 Å². The Balaban J connectivity index is 2.24. The average molecular weight is 432 g/mol. The zero-order valence-corrected chi connectivity index (χ0v) is 17.2. The lowest BCUT2D eigenvalue weighted by Gasteiger charge is -2.16. The van der Waals surface area contributed by atoms with Crippen molar-refractivity contribution in [1.29, 1.82) is 0 Å². The molecule has 2 amide bonds. The van der Waals surface area contributed by atoms with Crippen LogP contribution in [0.2, 0.25) is 0 Å². The minimum absolute atomic E-state index is 0.00597. The summed E-state index contributed by atoms with van der Waals surface area (Å²) in [5.74, 6) is -3.22. The first-order valence-corrected chi connectivity index (χ1v) is 10.7. The smallest absolute Gasteiger partial charge is 0.248 e. The molecule has 0 aliphatic heterocycles. The van der Waals surface area contributed by atoms with Gasteiger partial charge in [0.05, 0.1) is 11.3 Å². The van der Waals surface area contributed by atoms with E-state index in [0.29, 0.717) is 29.2 Å². The highest BCUT2D eigenvalue weighted by molar-refractivity contribution is 7.98. The number of amides is 2. The zero-order valence-electron chi connectivity index (χ0n) is 15.6. The number of aromatic nitrogens is 1. The van der Waals surface area contributed by atoms with Crippen molar-refractivity contribution < 1.29 is 22.8 Å². The second-order valence-electron chi connectivity index (χ2n) is 5.91. The summed E-state index contributed by atoms with van der Waals surface area (Å²) < 4.78 is 41.2. The van der Waals surface area contributed by atoms with E-state index >= 15 is 0 Å². The van der Waals surface area contributed by atoms with E-state index in [4.69, 9.17) is 0 Å². The molecule has 0 saturated heterocycles. The van der Waals surface area contributed by atoms with Gasteiger partial charge in [0.2, 0.25) is 11.8 Å². The molecule has 1 atom stereocenters. The minimum atomic E-state index is -1.07. The first-order valence-electron chi connectivity index (χ1n) is 8.48. The van der Waals surface area contributed by atoms with Crippen molar-refractivity contribution in [3.8, 4) is 11.3 Å². The number of hydrogen-bond acceptors (Lipinski definition) is 5. The van der Waals surface area contributed by atoms with Gasteiger partial charge in [0.1, 0.15) is 23.5 Å². The molecule has 10 heteroatoms. The lowest BCUT2D eigenvalue weighted by molar-refractivity contribution is -0.126. The Labute approximate surface area is 169 Å². The highest BCUT2D eigenvalue weighted by Gasteiger charge is 2.23. The number of thioether (sulfide) groups is 1. The molecule has 0 fully saturated rings. The van der Waals surface area contributed by atoms with Crippen molar-refractivity contribution in [1.82, 2.24) is 10.3 Å². The molecule has 0 bridgehead atoms. The van der Waals surface area contributed by atoms with Crippen molar-refractivity contribution in [2.45, 2.75) is 32.7 Å². The quantitative estimate of drug-likeness (QED) is 0.660.